The predicted octanol–water partition coefficient (Wildman–Crippen LogP) is 0.309. The molecule has 6 nitrogen and oxygen atoms in total. The summed E-state index contributed by atoms with van der Waals surface area (Å²) >= 11 is 5.77. The lowest BCUT2D eigenvalue weighted by molar-refractivity contribution is -0.149. The van der Waals surface area contributed by atoms with E-state index in [1.165, 1.54) is 18.2 Å². The molecule has 1 rings (SSSR count). The Bertz CT molecular complexity index is 463. The second kappa shape index (κ2) is 6.23. The largest absolute Gasteiger partial charge is 0.508 e. The number of rotatable bonds is 4. The van der Waals surface area contributed by atoms with Crippen LogP contribution < -0.4 is 5.32 Å². The molecular formula is C11H12ClNO5. The van der Waals surface area contributed by atoms with Crippen LogP contribution in [-0.4, -0.2) is 41.8 Å². The predicted molar refractivity (Wildman–Crippen MR) is 63.5 cm³/mol. The first-order valence-corrected chi connectivity index (χ1v) is 5.36. The van der Waals surface area contributed by atoms with Crippen LogP contribution in [0.5, 0.6) is 5.75 Å². The third kappa shape index (κ3) is 3.61. The van der Waals surface area contributed by atoms with Crippen molar-refractivity contribution in [3.05, 3.63) is 28.8 Å². The summed E-state index contributed by atoms with van der Waals surface area (Å²) in [6, 6.07) is 3.88. The number of carbonyl (C=O) groups excluding carboxylic acids is 2. The Morgan fingerprint density at radius 3 is 2.78 bits per heavy atom. The lowest BCUT2D eigenvalue weighted by Gasteiger charge is -2.10. The molecule has 1 aromatic carbocycles. The number of methoxy groups -OCH3 is 1. The third-order valence-electron chi connectivity index (χ3n) is 2.12. The summed E-state index contributed by atoms with van der Waals surface area (Å²) in [6.45, 7) is -0.308. The van der Waals surface area contributed by atoms with Gasteiger partial charge in [-0.25, -0.2) is 4.79 Å². The lowest BCUT2D eigenvalue weighted by Crippen LogP contribution is -2.37. The van der Waals surface area contributed by atoms with Gasteiger partial charge in [-0.3, -0.25) is 4.79 Å². The SMILES string of the molecule is COC(=O)C(O)CNC(=O)c1cc(O)ccc1Cl. The second-order valence-electron chi connectivity index (χ2n) is 3.41. The molecule has 98 valence electrons. The van der Waals surface area contributed by atoms with Gasteiger partial charge in [-0.05, 0) is 18.2 Å². The standard InChI is InChI=1S/C11H12ClNO5/c1-18-11(17)9(15)5-13-10(16)7-4-6(14)2-3-8(7)12/h2-4,9,14-15H,5H2,1H3,(H,13,16). The zero-order chi connectivity index (χ0) is 13.7. The molecule has 1 unspecified atom stereocenters. The number of phenolic OH excluding ortho intramolecular Hbond substituents is 1. The van der Waals surface area contributed by atoms with Crippen molar-refractivity contribution in [1.29, 1.82) is 0 Å². The van der Waals surface area contributed by atoms with Gasteiger partial charge < -0.3 is 20.3 Å². The summed E-state index contributed by atoms with van der Waals surface area (Å²) in [5, 5.41) is 20.9. The zero-order valence-electron chi connectivity index (χ0n) is 9.51. The highest BCUT2D eigenvalue weighted by molar-refractivity contribution is 6.33. The van der Waals surface area contributed by atoms with E-state index in [1.807, 2.05) is 0 Å². The second-order valence-corrected chi connectivity index (χ2v) is 3.82. The van der Waals surface area contributed by atoms with Crippen LogP contribution in [0, 0.1) is 0 Å². The number of nitrogens with one attached hydrogen (secondary N) is 1. The normalized spacial score (nSPS) is 11.7. The number of phenols is 1. The number of hydrogen-bond acceptors (Lipinski definition) is 5. The molecular weight excluding hydrogens is 262 g/mol. The van der Waals surface area contributed by atoms with E-state index in [0.29, 0.717) is 0 Å². The Morgan fingerprint density at radius 1 is 1.50 bits per heavy atom. The molecule has 0 aliphatic carbocycles. The van der Waals surface area contributed by atoms with E-state index in [1.54, 1.807) is 0 Å². The van der Waals surface area contributed by atoms with E-state index in [0.717, 1.165) is 7.11 Å². The minimum absolute atomic E-state index is 0.0498. The fourth-order valence-electron chi connectivity index (χ4n) is 1.19. The quantitative estimate of drug-likeness (QED) is 0.686. The molecule has 1 amide bonds. The fraction of sp³-hybridized carbons (Fsp3) is 0.273. The number of aromatic hydroxyl groups is 1. The van der Waals surface area contributed by atoms with Crippen molar-refractivity contribution in [1.82, 2.24) is 5.32 Å². The first-order valence-electron chi connectivity index (χ1n) is 4.98. The molecule has 3 N–H and O–H groups in total. The minimum Gasteiger partial charge on any atom is -0.508 e. The van der Waals surface area contributed by atoms with E-state index in [2.05, 4.69) is 10.1 Å². The van der Waals surface area contributed by atoms with Crippen LogP contribution in [0.15, 0.2) is 18.2 Å². The van der Waals surface area contributed by atoms with Gasteiger partial charge in [-0.1, -0.05) is 11.6 Å². The fourth-order valence-corrected chi connectivity index (χ4v) is 1.39. The molecule has 0 radical (unpaired) electrons. The number of amides is 1. The smallest absolute Gasteiger partial charge is 0.336 e. The number of aliphatic hydroxyl groups excluding tert-OH is 1. The molecule has 0 saturated carbocycles. The number of benzene rings is 1. The van der Waals surface area contributed by atoms with Gasteiger partial charge in [0.15, 0.2) is 6.10 Å². The lowest BCUT2D eigenvalue weighted by atomic mass is 10.2. The van der Waals surface area contributed by atoms with Crippen LogP contribution in [0.1, 0.15) is 10.4 Å². The topological polar surface area (TPSA) is 95.9 Å². The first-order chi connectivity index (χ1) is 8.45. The number of hydrogen-bond donors (Lipinski definition) is 3. The van der Waals surface area contributed by atoms with E-state index < -0.39 is 18.0 Å². The summed E-state index contributed by atoms with van der Waals surface area (Å²) in [4.78, 5) is 22.6. The van der Waals surface area contributed by atoms with E-state index in [9.17, 15) is 19.8 Å². The molecule has 0 aliphatic heterocycles. The number of halogens is 1. The number of ether oxygens (including phenoxy) is 1. The Morgan fingerprint density at radius 2 is 2.17 bits per heavy atom. The molecule has 0 bridgehead atoms. The maximum absolute atomic E-state index is 11.7. The molecule has 0 spiro atoms. The summed E-state index contributed by atoms with van der Waals surface area (Å²) in [7, 11) is 1.12. The molecule has 1 atom stereocenters. The zero-order valence-corrected chi connectivity index (χ0v) is 10.3. The van der Waals surface area contributed by atoms with E-state index in [4.69, 9.17) is 11.6 Å². The highest BCUT2D eigenvalue weighted by Crippen LogP contribution is 2.20. The highest BCUT2D eigenvalue weighted by Gasteiger charge is 2.18. The van der Waals surface area contributed by atoms with Gasteiger partial charge in [-0.2, -0.15) is 0 Å². The van der Waals surface area contributed by atoms with Crippen LogP contribution in [0.2, 0.25) is 5.02 Å². The Hall–Kier alpha value is -1.79. The van der Waals surface area contributed by atoms with Gasteiger partial charge in [0.25, 0.3) is 5.91 Å². The number of carbonyl (C=O) groups is 2. The van der Waals surface area contributed by atoms with Crippen molar-refractivity contribution >= 4 is 23.5 Å². The average Bonchev–Trinajstić information content (AvgIpc) is 2.37. The summed E-state index contributed by atoms with van der Waals surface area (Å²) in [6.07, 6.45) is -1.45. The van der Waals surface area contributed by atoms with Gasteiger partial charge in [-0.15, -0.1) is 0 Å². The maximum atomic E-state index is 11.7. The summed E-state index contributed by atoms with van der Waals surface area (Å²) < 4.78 is 4.29. The van der Waals surface area contributed by atoms with Gasteiger partial charge in [0.2, 0.25) is 0 Å². The van der Waals surface area contributed by atoms with Gasteiger partial charge in [0.05, 0.1) is 24.2 Å². The highest BCUT2D eigenvalue weighted by atomic mass is 35.5. The summed E-state index contributed by atoms with van der Waals surface area (Å²) in [5.41, 5.74) is 0.0498. The Labute approximate surface area is 108 Å². The van der Waals surface area contributed by atoms with Gasteiger partial charge in [0, 0.05) is 0 Å². The van der Waals surface area contributed by atoms with Crippen molar-refractivity contribution in [3.63, 3.8) is 0 Å². The molecule has 0 heterocycles. The van der Waals surface area contributed by atoms with E-state index in [-0.39, 0.29) is 22.9 Å². The monoisotopic (exact) mass is 273 g/mol. The number of aliphatic hydroxyl groups is 1. The maximum Gasteiger partial charge on any atom is 0.336 e. The third-order valence-corrected chi connectivity index (χ3v) is 2.45. The molecule has 0 aliphatic rings. The van der Waals surface area contributed by atoms with Crippen LogP contribution in [0.4, 0.5) is 0 Å². The molecule has 0 aromatic heterocycles. The van der Waals surface area contributed by atoms with Crippen molar-refractivity contribution in [3.8, 4) is 5.75 Å². The first kappa shape index (κ1) is 14.3. The number of esters is 1. The van der Waals surface area contributed by atoms with Crippen LogP contribution >= 0.6 is 11.6 Å². The Kier molecular flexibility index (Phi) is 4.94. The molecule has 0 fully saturated rings. The van der Waals surface area contributed by atoms with Gasteiger partial charge in [0.1, 0.15) is 5.75 Å². The van der Waals surface area contributed by atoms with Crippen LogP contribution in [0.25, 0.3) is 0 Å². The molecule has 0 saturated heterocycles. The van der Waals surface area contributed by atoms with Crippen molar-refractivity contribution in [2.45, 2.75) is 6.10 Å². The summed E-state index contributed by atoms with van der Waals surface area (Å²) in [5.74, 6) is -1.57. The molecule has 18 heavy (non-hydrogen) atoms. The minimum atomic E-state index is -1.45. The van der Waals surface area contributed by atoms with Crippen LogP contribution in [-0.2, 0) is 9.53 Å². The van der Waals surface area contributed by atoms with Crippen molar-refractivity contribution in [2.24, 2.45) is 0 Å². The molecule has 7 heteroatoms. The van der Waals surface area contributed by atoms with Gasteiger partial charge >= 0.3 is 5.97 Å². The average molecular weight is 274 g/mol. The van der Waals surface area contributed by atoms with Crippen LogP contribution in [0.3, 0.4) is 0 Å². The van der Waals surface area contributed by atoms with Crippen molar-refractivity contribution < 1.29 is 24.5 Å². The Balaban J connectivity index is 2.66. The molecule has 1 aromatic rings. The van der Waals surface area contributed by atoms with E-state index >= 15 is 0 Å². The van der Waals surface area contributed by atoms with Crippen molar-refractivity contribution in [2.75, 3.05) is 13.7 Å².